The molecule has 0 aliphatic heterocycles. The molecule has 2 aromatic carbocycles. The van der Waals surface area contributed by atoms with Crippen LogP contribution in [0.1, 0.15) is 15.9 Å². The Hall–Kier alpha value is -2.57. The lowest BCUT2D eigenvalue weighted by atomic mass is 10.0. The number of hydrazone groups is 1. The Balaban J connectivity index is 2.43. The standard InChI is InChI=1S/C15H10Cl2N2O4/c16-8-5-6-12(11(17)7-8)18-19-13(15(22)23)9-3-1-2-4-10(9)14(20)21/h1-7,18H,(H,20,21)(H,22,23)/b19-13+. The summed E-state index contributed by atoms with van der Waals surface area (Å²) in [4.78, 5) is 22.6. The van der Waals surface area contributed by atoms with E-state index in [1.54, 1.807) is 6.07 Å². The molecule has 0 saturated carbocycles. The molecule has 0 aliphatic rings. The third-order valence-electron chi connectivity index (χ3n) is 2.83. The monoisotopic (exact) mass is 352 g/mol. The van der Waals surface area contributed by atoms with E-state index < -0.39 is 17.7 Å². The molecule has 0 radical (unpaired) electrons. The van der Waals surface area contributed by atoms with Crippen LogP contribution in [0.5, 0.6) is 0 Å². The molecule has 0 amide bonds. The number of hydrogen-bond acceptors (Lipinski definition) is 4. The predicted molar refractivity (Wildman–Crippen MR) is 87.7 cm³/mol. The molecular formula is C15H10Cl2N2O4. The van der Waals surface area contributed by atoms with Crippen molar-refractivity contribution < 1.29 is 19.8 Å². The minimum Gasteiger partial charge on any atom is -0.478 e. The van der Waals surface area contributed by atoms with Gasteiger partial charge in [0, 0.05) is 10.6 Å². The second-order valence-electron chi connectivity index (χ2n) is 4.35. The van der Waals surface area contributed by atoms with Crippen molar-refractivity contribution in [3.05, 3.63) is 63.6 Å². The lowest BCUT2D eigenvalue weighted by Gasteiger charge is -2.08. The van der Waals surface area contributed by atoms with Gasteiger partial charge in [-0.25, -0.2) is 9.59 Å². The molecular weight excluding hydrogens is 343 g/mol. The maximum atomic E-state index is 11.4. The molecule has 8 heteroatoms. The van der Waals surface area contributed by atoms with Crippen molar-refractivity contribution in [2.24, 2.45) is 5.10 Å². The minimum atomic E-state index is -1.38. The Morgan fingerprint density at radius 3 is 2.22 bits per heavy atom. The van der Waals surface area contributed by atoms with E-state index in [1.807, 2.05) is 0 Å². The predicted octanol–water partition coefficient (Wildman–Crippen LogP) is 3.59. The van der Waals surface area contributed by atoms with Crippen molar-refractivity contribution in [2.75, 3.05) is 5.43 Å². The summed E-state index contributed by atoms with van der Waals surface area (Å²) in [6.45, 7) is 0. The van der Waals surface area contributed by atoms with Crippen LogP contribution in [0.2, 0.25) is 10.0 Å². The number of nitrogens with zero attached hydrogens (tertiary/aromatic N) is 1. The van der Waals surface area contributed by atoms with Gasteiger partial charge in [-0.05, 0) is 24.3 Å². The topological polar surface area (TPSA) is 99.0 Å². The molecule has 0 unspecified atom stereocenters. The number of anilines is 1. The molecule has 0 bridgehead atoms. The van der Waals surface area contributed by atoms with Crippen molar-refractivity contribution >= 4 is 46.5 Å². The van der Waals surface area contributed by atoms with Gasteiger partial charge in [-0.2, -0.15) is 5.10 Å². The van der Waals surface area contributed by atoms with Crippen molar-refractivity contribution in [3.8, 4) is 0 Å². The molecule has 2 rings (SSSR count). The summed E-state index contributed by atoms with van der Waals surface area (Å²) in [6.07, 6.45) is 0. The van der Waals surface area contributed by atoms with Crippen LogP contribution in [0.25, 0.3) is 0 Å². The quantitative estimate of drug-likeness (QED) is 0.564. The first kappa shape index (κ1) is 16.8. The van der Waals surface area contributed by atoms with Crippen LogP contribution in [0, 0.1) is 0 Å². The summed E-state index contributed by atoms with van der Waals surface area (Å²) in [5, 5.41) is 22.9. The van der Waals surface area contributed by atoms with Gasteiger partial charge >= 0.3 is 11.9 Å². The number of halogens is 2. The Labute approximate surface area is 141 Å². The van der Waals surface area contributed by atoms with Crippen molar-refractivity contribution in [3.63, 3.8) is 0 Å². The number of nitrogens with one attached hydrogen (secondary N) is 1. The van der Waals surface area contributed by atoms with Crippen molar-refractivity contribution in [1.82, 2.24) is 0 Å². The van der Waals surface area contributed by atoms with Gasteiger partial charge in [0.2, 0.25) is 0 Å². The van der Waals surface area contributed by atoms with Gasteiger partial charge in [-0.15, -0.1) is 0 Å². The average Bonchev–Trinajstić information content (AvgIpc) is 2.49. The summed E-state index contributed by atoms with van der Waals surface area (Å²) >= 11 is 11.7. The molecule has 3 N–H and O–H groups in total. The number of carboxylic acid groups (broad SMARTS) is 2. The third kappa shape index (κ3) is 4.00. The minimum absolute atomic E-state index is 0.0231. The maximum absolute atomic E-state index is 11.4. The SMILES string of the molecule is O=C(O)/C(=N/Nc1ccc(Cl)cc1Cl)c1ccccc1C(=O)O. The zero-order valence-corrected chi connectivity index (χ0v) is 13.0. The first-order valence-electron chi connectivity index (χ1n) is 6.25. The van der Waals surface area contributed by atoms with E-state index in [0.717, 1.165) is 0 Å². The summed E-state index contributed by atoms with van der Waals surface area (Å²) in [7, 11) is 0. The van der Waals surface area contributed by atoms with Crippen molar-refractivity contribution in [1.29, 1.82) is 0 Å². The number of aliphatic carboxylic acids is 1. The maximum Gasteiger partial charge on any atom is 0.356 e. The highest BCUT2D eigenvalue weighted by molar-refractivity contribution is 6.44. The molecule has 23 heavy (non-hydrogen) atoms. The van der Waals surface area contributed by atoms with E-state index >= 15 is 0 Å². The molecule has 0 aromatic heterocycles. The van der Waals surface area contributed by atoms with Crippen LogP contribution in [-0.2, 0) is 4.79 Å². The highest BCUT2D eigenvalue weighted by atomic mass is 35.5. The van der Waals surface area contributed by atoms with Gasteiger partial charge in [0.1, 0.15) is 0 Å². The van der Waals surface area contributed by atoms with Crippen LogP contribution in [0.15, 0.2) is 47.6 Å². The Morgan fingerprint density at radius 1 is 1.00 bits per heavy atom. The fourth-order valence-electron chi connectivity index (χ4n) is 1.80. The second kappa shape index (κ2) is 7.13. The van der Waals surface area contributed by atoms with E-state index in [2.05, 4.69) is 10.5 Å². The molecule has 0 fully saturated rings. The van der Waals surface area contributed by atoms with E-state index in [0.29, 0.717) is 10.7 Å². The van der Waals surface area contributed by atoms with E-state index in [1.165, 1.54) is 36.4 Å². The second-order valence-corrected chi connectivity index (χ2v) is 5.20. The first-order chi connectivity index (χ1) is 10.9. The molecule has 118 valence electrons. The average molecular weight is 353 g/mol. The normalized spacial score (nSPS) is 11.1. The molecule has 0 heterocycles. The zero-order chi connectivity index (χ0) is 17.0. The molecule has 0 spiro atoms. The number of carbonyl (C=O) groups is 2. The summed E-state index contributed by atoms with van der Waals surface area (Å²) in [5.74, 6) is -2.63. The van der Waals surface area contributed by atoms with Gasteiger partial charge in [0.15, 0.2) is 5.71 Å². The first-order valence-corrected chi connectivity index (χ1v) is 7.00. The molecule has 0 aliphatic carbocycles. The number of hydrogen-bond donors (Lipinski definition) is 3. The highest BCUT2D eigenvalue weighted by Gasteiger charge is 2.20. The largest absolute Gasteiger partial charge is 0.478 e. The Kier molecular flexibility index (Phi) is 5.20. The molecule has 2 aromatic rings. The summed E-state index contributed by atoms with van der Waals surface area (Å²) in [6, 6.07) is 10.2. The number of aromatic carboxylic acids is 1. The van der Waals surface area contributed by atoms with Gasteiger partial charge in [0.25, 0.3) is 0 Å². The van der Waals surface area contributed by atoms with E-state index in [4.69, 9.17) is 28.3 Å². The fraction of sp³-hybridized carbons (Fsp3) is 0. The van der Waals surface area contributed by atoms with Crippen LogP contribution in [0.3, 0.4) is 0 Å². The van der Waals surface area contributed by atoms with Gasteiger partial charge in [0.05, 0.1) is 16.3 Å². The summed E-state index contributed by atoms with van der Waals surface area (Å²) in [5.41, 5.74) is 2.20. The lowest BCUT2D eigenvalue weighted by molar-refractivity contribution is -0.129. The Bertz CT molecular complexity index is 806. The van der Waals surface area contributed by atoms with Gasteiger partial charge < -0.3 is 10.2 Å². The van der Waals surface area contributed by atoms with E-state index in [-0.39, 0.29) is 16.1 Å². The number of carboxylic acids is 2. The zero-order valence-electron chi connectivity index (χ0n) is 11.5. The third-order valence-corrected chi connectivity index (χ3v) is 3.38. The van der Waals surface area contributed by atoms with Crippen LogP contribution in [-0.4, -0.2) is 27.9 Å². The molecule has 6 nitrogen and oxygen atoms in total. The lowest BCUT2D eigenvalue weighted by Crippen LogP contribution is -2.19. The molecule has 0 atom stereocenters. The number of benzene rings is 2. The fourth-order valence-corrected chi connectivity index (χ4v) is 2.25. The Morgan fingerprint density at radius 2 is 1.65 bits per heavy atom. The van der Waals surface area contributed by atoms with Crippen LogP contribution in [0.4, 0.5) is 5.69 Å². The van der Waals surface area contributed by atoms with Crippen LogP contribution < -0.4 is 5.43 Å². The van der Waals surface area contributed by atoms with Crippen LogP contribution >= 0.6 is 23.2 Å². The number of rotatable bonds is 5. The van der Waals surface area contributed by atoms with Gasteiger partial charge in [-0.1, -0.05) is 41.4 Å². The summed E-state index contributed by atoms with van der Waals surface area (Å²) < 4.78 is 0. The molecule has 0 saturated heterocycles. The van der Waals surface area contributed by atoms with Crippen molar-refractivity contribution in [2.45, 2.75) is 0 Å². The van der Waals surface area contributed by atoms with Gasteiger partial charge in [-0.3, -0.25) is 5.43 Å². The smallest absolute Gasteiger partial charge is 0.356 e. The van der Waals surface area contributed by atoms with E-state index in [9.17, 15) is 14.7 Å². The highest BCUT2D eigenvalue weighted by Crippen LogP contribution is 2.25.